The third-order valence-corrected chi connectivity index (χ3v) is 5.58. The molecule has 0 radical (unpaired) electrons. The third-order valence-electron chi connectivity index (χ3n) is 5.58. The maximum atomic E-state index is 10.3. The maximum Gasteiger partial charge on any atom is 0.120 e. The number of hydrogen-bond acceptors (Lipinski definition) is 1. The van der Waals surface area contributed by atoms with Gasteiger partial charge in [-0.05, 0) is 47.2 Å². The van der Waals surface area contributed by atoms with E-state index < -0.39 is 11.0 Å². The van der Waals surface area contributed by atoms with Crippen molar-refractivity contribution < 1.29 is 5.11 Å². The lowest BCUT2D eigenvalue weighted by Crippen LogP contribution is -2.41. The Morgan fingerprint density at radius 1 is 0.731 bits per heavy atom. The summed E-state index contributed by atoms with van der Waals surface area (Å²) < 4.78 is 0. The molecule has 0 unspecified atom stereocenters. The summed E-state index contributed by atoms with van der Waals surface area (Å²) in [5, 5.41) is 10.3. The van der Waals surface area contributed by atoms with Gasteiger partial charge in [-0.15, -0.1) is 0 Å². The van der Waals surface area contributed by atoms with E-state index in [0.717, 1.165) is 0 Å². The second-order valence-electron chi connectivity index (χ2n) is 7.75. The molecule has 3 aliphatic rings. The Morgan fingerprint density at radius 2 is 1.12 bits per heavy atom. The van der Waals surface area contributed by atoms with Crippen LogP contribution in [0, 0.1) is 11.8 Å². The van der Waals surface area contributed by atoms with Gasteiger partial charge in [0.1, 0.15) is 11.0 Å². The molecule has 126 valence electrons. The number of hydrogen-bond donors (Lipinski definition) is 1. The van der Waals surface area contributed by atoms with Crippen LogP contribution in [-0.2, 0) is 5.41 Å². The van der Waals surface area contributed by atoms with Gasteiger partial charge < -0.3 is 5.11 Å². The Morgan fingerprint density at radius 3 is 1.50 bits per heavy atom. The van der Waals surface area contributed by atoms with Gasteiger partial charge in [-0.2, -0.15) is 0 Å². The van der Waals surface area contributed by atoms with Crippen LogP contribution >= 0.6 is 0 Å². The van der Waals surface area contributed by atoms with Gasteiger partial charge in [-0.3, -0.25) is 0 Å². The van der Waals surface area contributed by atoms with Crippen LogP contribution in [-0.4, -0.2) is 10.7 Å². The molecule has 1 nitrogen and oxygen atoms in total. The first-order valence-corrected chi connectivity index (χ1v) is 9.07. The molecule has 3 aromatic rings. The Kier molecular flexibility index (Phi) is 3.03. The molecule has 0 aliphatic heterocycles. The molecule has 6 rings (SSSR count). The molecule has 0 heterocycles. The van der Waals surface area contributed by atoms with Crippen LogP contribution in [0.1, 0.15) is 53.1 Å². The van der Waals surface area contributed by atoms with Crippen molar-refractivity contribution in [2.45, 2.75) is 30.8 Å². The van der Waals surface area contributed by atoms with Crippen LogP contribution in [0.4, 0.5) is 0 Å². The predicted octanol–water partition coefficient (Wildman–Crippen LogP) is 4.60. The van der Waals surface area contributed by atoms with E-state index >= 15 is 0 Å². The Bertz CT molecular complexity index is 973. The average molecular weight is 336 g/mol. The highest BCUT2D eigenvalue weighted by Gasteiger charge is 2.50. The molecule has 1 N–H and O–H groups in total. The summed E-state index contributed by atoms with van der Waals surface area (Å²) in [4.78, 5) is 0. The Balaban J connectivity index is 1.97. The molecule has 1 heteroatoms. The van der Waals surface area contributed by atoms with Crippen molar-refractivity contribution in [1.29, 1.82) is 0 Å². The van der Waals surface area contributed by atoms with E-state index in [9.17, 15) is 5.11 Å². The molecule has 3 aromatic carbocycles. The number of benzene rings is 3. The summed E-state index contributed by atoms with van der Waals surface area (Å²) in [7, 11) is 0. The van der Waals surface area contributed by atoms with E-state index in [2.05, 4.69) is 84.6 Å². The fraction of sp³-hybridized carbons (Fsp3) is 0.200. The van der Waals surface area contributed by atoms with Crippen LogP contribution in [0.25, 0.3) is 0 Å². The zero-order valence-electron chi connectivity index (χ0n) is 15.0. The number of rotatable bonds is 0. The lowest BCUT2D eigenvalue weighted by molar-refractivity contribution is 0.143. The third kappa shape index (κ3) is 1.91. The van der Waals surface area contributed by atoms with E-state index in [-0.39, 0.29) is 5.92 Å². The summed E-state index contributed by atoms with van der Waals surface area (Å²) in [5.74, 6) is 6.92. The highest BCUT2D eigenvalue weighted by Crippen LogP contribution is 2.58. The molecule has 0 amide bonds. The summed E-state index contributed by atoms with van der Waals surface area (Å²) in [6.45, 7) is 3.49. The molecule has 0 aromatic heterocycles. The minimum absolute atomic E-state index is 0.254. The maximum absolute atomic E-state index is 10.3. The van der Waals surface area contributed by atoms with Crippen LogP contribution in [0.5, 0.6) is 0 Å². The fourth-order valence-corrected chi connectivity index (χ4v) is 4.66. The molecule has 0 spiro atoms. The number of aliphatic hydroxyl groups is 1. The van der Waals surface area contributed by atoms with Gasteiger partial charge in [0.2, 0.25) is 0 Å². The fourth-order valence-electron chi connectivity index (χ4n) is 4.66. The molecule has 0 atom stereocenters. The Hall–Kier alpha value is -2.82. The van der Waals surface area contributed by atoms with Crippen LogP contribution in [0.3, 0.4) is 0 Å². The van der Waals surface area contributed by atoms with Gasteiger partial charge in [0.25, 0.3) is 0 Å². The molecule has 26 heavy (non-hydrogen) atoms. The van der Waals surface area contributed by atoms with Crippen LogP contribution < -0.4 is 0 Å². The standard InChI is InChI=1S/C25H20O/c1-24(2,26)15-16-25-20-12-6-3-9-17(20)23(18-10-4-7-13-21(18)25)19-11-5-8-14-22(19)25/h3-14,23,26H,1-2H3. The van der Waals surface area contributed by atoms with Gasteiger partial charge >= 0.3 is 0 Å². The minimum atomic E-state index is -1.04. The van der Waals surface area contributed by atoms with Crippen molar-refractivity contribution >= 4 is 0 Å². The quantitative estimate of drug-likeness (QED) is 0.595. The van der Waals surface area contributed by atoms with E-state index in [1.54, 1.807) is 13.8 Å². The summed E-state index contributed by atoms with van der Waals surface area (Å²) >= 11 is 0. The zero-order valence-corrected chi connectivity index (χ0v) is 15.0. The monoisotopic (exact) mass is 336 g/mol. The first kappa shape index (κ1) is 15.4. The van der Waals surface area contributed by atoms with Crippen LogP contribution in [0.15, 0.2) is 72.8 Å². The van der Waals surface area contributed by atoms with Crippen molar-refractivity contribution in [3.8, 4) is 11.8 Å². The van der Waals surface area contributed by atoms with Crippen molar-refractivity contribution in [2.75, 3.05) is 0 Å². The second-order valence-corrected chi connectivity index (χ2v) is 7.75. The first-order chi connectivity index (χ1) is 12.5. The van der Waals surface area contributed by atoms with Crippen molar-refractivity contribution in [3.63, 3.8) is 0 Å². The first-order valence-electron chi connectivity index (χ1n) is 9.07. The largest absolute Gasteiger partial charge is 0.378 e. The lowest BCUT2D eigenvalue weighted by Gasteiger charge is -2.48. The highest BCUT2D eigenvalue weighted by atomic mass is 16.3. The molecular formula is C25H20O. The Labute approximate surface area is 154 Å². The van der Waals surface area contributed by atoms with E-state index in [1.807, 2.05) is 0 Å². The van der Waals surface area contributed by atoms with Crippen molar-refractivity contribution in [2.24, 2.45) is 0 Å². The molecule has 0 fully saturated rings. The summed E-state index contributed by atoms with van der Waals surface area (Å²) in [5.41, 5.74) is 6.16. The normalized spacial score (nSPS) is 21.9. The second kappa shape index (κ2) is 5.10. The molecule has 2 bridgehead atoms. The molecule has 0 saturated heterocycles. The summed E-state index contributed by atoms with van der Waals surface area (Å²) in [6, 6.07) is 25.9. The zero-order chi connectivity index (χ0) is 17.9. The smallest absolute Gasteiger partial charge is 0.120 e. The van der Waals surface area contributed by atoms with Crippen molar-refractivity contribution in [1.82, 2.24) is 0 Å². The summed E-state index contributed by atoms with van der Waals surface area (Å²) in [6.07, 6.45) is 0. The van der Waals surface area contributed by atoms with Gasteiger partial charge in [0.05, 0.1) is 0 Å². The predicted molar refractivity (Wildman–Crippen MR) is 104 cm³/mol. The molecule has 0 saturated carbocycles. The highest BCUT2D eigenvalue weighted by molar-refractivity contribution is 5.75. The average Bonchev–Trinajstić information content (AvgIpc) is 2.66. The lowest BCUT2D eigenvalue weighted by atomic mass is 9.53. The van der Waals surface area contributed by atoms with Gasteiger partial charge in [0, 0.05) is 5.92 Å². The SMILES string of the molecule is CC(C)(O)C#CC12c3ccccc3C(c3ccccc31)c1ccccc12. The topological polar surface area (TPSA) is 20.2 Å². The van der Waals surface area contributed by atoms with Gasteiger partial charge in [0.15, 0.2) is 0 Å². The van der Waals surface area contributed by atoms with E-state index in [0.29, 0.717) is 0 Å². The van der Waals surface area contributed by atoms with Crippen LogP contribution in [0.2, 0.25) is 0 Å². The van der Waals surface area contributed by atoms with Gasteiger partial charge in [-0.1, -0.05) is 84.6 Å². The molecular weight excluding hydrogens is 316 g/mol. The minimum Gasteiger partial charge on any atom is -0.378 e. The van der Waals surface area contributed by atoms with E-state index in [4.69, 9.17) is 0 Å². The van der Waals surface area contributed by atoms with Crippen molar-refractivity contribution in [3.05, 3.63) is 106 Å². The van der Waals surface area contributed by atoms with Gasteiger partial charge in [-0.25, -0.2) is 0 Å². The van der Waals surface area contributed by atoms with E-state index in [1.165, 1.54) is 33.4 Å². The molecule has 3 aliphatic carbocycles.